The molecule has 5 atom stereocenters. The van der Waals surface area contributed by atoms with E-state index in [1.165, 1.54) is 6.42 Å². The second-order valence-electron chi connectivity index (χ2n) is 8.93. The summed E-state index contributed by atoms with van der Waals surface area (Å²) in [7, 11) is -0.201. The van der Waals surface area contributed by atoms with E-state index in [9.17, 15) is 13.2 Å². The third kappa shape index (κ3) is 3.89. The molecule has 0 aromatic carbocycles. The Labute approximate surface area is 152 Å². The zero-order valence-corrected chi connectivity index (χ0v) is 16.0. The molecule has 1 aliphatic heterocycles. The van der Waals surface area contributed by atoms with E-state index < -0.39 is 12.1 Å². The predicted octanol–water partition coefficient (Wildman–Crippen LogP) is 3.26. The molecule has 150 valence electrons. The Bertz CT molecular complexity index is 543. The summed E-state index contributed by atoms with van der Waals surface area (Å²) in [5, 5.41) is 7.12. The van der Waals surface area contributed by atoms with Crippen LogP contribution in [-0.4, -0.2) is 42.0 Å². The van der Waals surface area contributed by atoms with Crippen molar-refractivity contribution in [1.82, 2.24) is 0 Å². The number of aliphatic carboxylic acids is 1. The Hall–Kier alpha value is -0.795. The van der Waals surface area contributed by atoms with Crippen LogP contribution in [0.4, 0.5) is 13.2 Å². The Balaban J connectivity index is 0.000000298. The van der Waals surface area contributed by atoms with Crippen molar-refractivity contribution in [2.45, 2.75) is 77.7 Å². The van der Waals surface area contributed by atoms with E-state index in [0.717, 1.165) is 18.8 Å². The molecule has 0 amide bonds. The molecule has 3 N–H and O–H groups in total. The van der Waals surface area contributed by atoms with Crippen LogP contribution in [-0.2, 0) is 14.1 Å². The maximum Gasteiger partial charge on any atom is 0.490 e. The third-order valence-electron chi connectivity index (χ3n) is 6.30. The standard InChI is InChI=1S/C15H28BNO2.C2HF3O2/c1-9(2)6-13(17)16-18-12-8-10-7-11(14(10,3)4)15(12,5)19-16;3-2(4,5)1(6)7/h9-13H,6-8,17H2,1-5H3;(H,6,7)/t10-,11+,12-,13?,15+;/m0./s1. The van der Waals surface area contributed by atoms with Crippen LogP contribution in [0.1, 0.15) is 53.9 Å². The summed E-state index contributed by atoms with van der Waals surface area (Å²) in [5.41, 5.74) is 6.56. The molecule has 9 heteroatoms. The molecule has 0 spiro atoms. The van der Waals surface area contributed by atoms with E-state index in [0.29, 0.717) is 17.3 Å². The molecule has 26 heavy (non-hydrogen) atoms. The van der Waals surface area contributed by atoms with Crippen molar-refractivity contribution >= 4 is 13.1 Å². The lowest BCUT2D eigenvalue weighted by molar-refractivity contribution is -0.199. The van der Waals surface area contributed by atoms with Gasteiger partial charge < -0.3 is 20.1 Å². The summed E-state index contributed by atoms with van der Waals surface area (Å²) in [5.74, 6) is -0.739. The molecule has 1 unspecified atom stereocenters. The van der Waals surface area contributed by atoms with E-state index >= 15 is 0 Å². The van der Waals surface area contributed by atoms with Gasteiger partial charge in [-0.05, 0) is 49.4 Å². The topological polar surface area (TPSA) is 81.8 Å². The van der Waals surface area contributed by atoms with Crippen molar-refractivity contribution in [3.63, 3.8) is 0 Å². The molecule has 0 aromatic heterocycles. The summed E-state index contributed by atoms with van der Waals surface area (Å²) >= 11 is 0. The van der Waals surface area contributed by atoms with Crippen LogP contribution in [0, 0.1) is 23.2 Å². The average Bonchev–Trinajstić information content (AvgIpc) is 2.83. The molecule has 1 heterocycles. The SMILES string of the molecule is CC(C)CC(N)B1O[C@H]2C[C@@H]3C[C@H](C3(C)C)[C@@]2(C)O1.O=C(O)C(F)(F)F. The average molecular weight is 379 g/mol. The van der Waals surface area contributed by atoms with Crippen molar-refractivity contribution < 1.29 is 32.4 Å². The molecule has 4 rings (SSSR count). The largest absolute Gasteiger partial charge is 0.490 e. The minimum absolute atomic E-state index is 0.00253. The summed E-state index contributed by atoms with van der Waals surface area (Å²) in [6.07, 6.45) is -1.42. The maximum atomic E-state index is 10.6. The van der Waals surface area contributed by atoms with Gasteiger partial charge in [0.1, 0.15) is 0 Å². The first-order valence-electron chi connectivity index (χ1n) is 9.08. The van der Waals surface area contributed by atoms with Gasteiger partial charge in [-0.3, -0.25) is 0 Å². The Morgan fingerprint density at radius 2 is 1.85 bits per heavy atom. The number of carboxylic acid groups (broad SMARTS) is 1. The van der Waals surface area contributed by atoms with E-state index in [-0.39, 0.29) is 24.8 Å². The van der Waals surface area contributed by atoms with E-state index in [1.54, 1.807) is 0 Å². The van der Waals surface area contributed by atoms with Gasteiger partial charge in [-0.1, -0.05) is 27.7 Å². The molecular formula is C17H29BF3NO4. The summed E-state index contributed by atoms with van der Waals surface area (Å²) in [6, 6.07) is 0. The first-order valence-corrected chi connectivity index (χ1v) is 9.08. The fourth-order valence-corrected chi connectivity index (χ4v) is 4.74. The predicted molar refractivity (Wildman–Crippen MR) is 91.2 cm³/mol. The highest BCUT2D eigenvalue weighted by molar-refractivity contribution is 6.47. The van der Waals surface area contributed by atoms with Gasteiger partial charge in [0.05, 0.1) is 11.7 Å². The number of rotatable bonds is 3. The summed E-state index contributed by atoms with van der Waals surface area (Å²) < 4.78 is 44.3. The van der Waals surface area contributed by atoms with Gasteiger partial charge >= 0.3 is 19.3 Å². The van der Waals surface area contributed by atoms with Crippen LogP contribution in [0.25, 0.3) is 0 Å². The molecule has 4 fully saturated rings. The monoisotopic (exact) mass is 379 g/mol. The van der Waals surface area contributed by atoms with Gasteiger partial charge in [0.25, 0.3) is 0 Å². The van der Waals surface area contributed by atoms with Crippen LogP contribution in [0.2, 0.25) is 0 Å². The zero-order valence-electron chi connectivity index (χ0n) is 16.0. The van der Waals surface area contributed by atoms with Gasteiger partial charge in [0.15, 0.2) is 0 Å². The van der Waals surface area contributed by atoms with E-state index in [2.05, 4.69) is 34.6 Å². The van der Waals surface area contributed by atoms with Crippen molar-refractivity contribution in [3.05, 3.63) is 0 Å². The van der Waals surface area contributed by atoms with Crippen LogP contribution in [0.5, 0.6) is 0 Å². The Morgan fingerprint density at radius 1 is 1.31 bits per heavy atom. The quantitative estimate of drug-likeness (QED) is 0.736. The number of hydrogen-bond acceptors (Lipinski definition) is 4. The minimum Gasteiger partial charge on any atom is -0.475 e. The lowest BCUT2D eigenvalue weighted by Crippen LogP contribution is -2.65. The highest BCUT2D eigenvalue weighted by atomic mass is 19.4. The summed E-state index contributed by atoms with van der Waals surface area (Å²) in [4.78, 5) is 8.90. The smallest absolute Gasteiger partial charge is 0.475 e. The number of nitrogens with two attached hydrogens (primary N) is 1. The highest BCUT2D eigenvalue weighted by Gasteiger charge is 2.68. The summed E-state index contributed by atoms with van der Waals surface area (Å²) in [6.45, 7) is 11.4. The normalized spacial score (nSPS) is 35.9. The van der Waals surface area contributed by atoms with Crippen molar-refractivity contribution in [2.75, 3.05) is 0 Å². The van der Waals surface area contributed by atoms with Crippen molar-refractivity contribution in [3.8, 4) is 0 Å². The maximum absolute atomic E-state index is 10.6. The van der Waals surface area contributed by atoms with Crippen LogP contribution < -0.4 is 5.73 Å². The molecule has 4 aliphatic rings. The van der Waals surface area contributed by atoms with Gasteiger partial charge in [0.2, 0.25) is 0 Å². The fourth-order valence-electron chi connectivity index (χ4n) is 4.74. The van der Waals surface area contributed by atoms with Crippen LogP contribution in [0.15, 0.2) is 0 Å². The molecule has 5 nitrogen and oxygen atoms in total. The van der Waals surface area contributed by atoms with Crippen LogP contribution >= 0.6 is 0 Å². The zero-order chi connectivity index (χ0) is 20.1. The Morgan fingerprint density at radius 3 is 2.27 bits per heavy atom. The van der Waals surface area contributed by atoms with Crippen molar-refractivity contribution in [2.24, 2.45) is 28.9 Å². The van der Waals surface area contributed by atoms with Gasteiger partial charge in [-0.15, -0.1) is 0 Å². The molecular weight excluding hydrogens is 350 g/mol. The second kappa shape index (κ2) is 6.98. The van der Waals surface area contributed by atoms with Crippen molar-refractivity contribution in [1.29, 1.82) is 0 Å². The minimum atomic E-state index is -5.08. The van der Waals surface area contributed by atoms with Gasteiger partial charge in [-0.2, -0.15) is 13.2 Å². The number of hydrogen-bond donors (Lipinski definition) is 2. The third-order valence-corrected chi connectivity index (χ3v) is 6.30. The lowest BCUT2D eigenvalue weighted by Gasteiger charge is -2.64. The second-order valence-corrected chi connectivity index (χ2v) is 8.93. The Kier molecular flexibility index (Phi) is 5.77. The molecule has 0 aromatic rings. The van der Waals surface area contributed by atoms with E-state index in [1.807, 2.05) is 0 Å². The van der Waals surface area contributed by atoms with E-state index in [4.69, 9.17) is 24.9 Å². The highest BCUT2D eigenvalue weighted by Crippen LogP contribution is 2.65. The first kappa shape index (κ1) is 21.5. The van der Waals surface area contributed by atoms with Gasteiger partial charge in [-0.25, -0.2) is 4.79 Å². The molecule has 1 saturated heterocycles. The first-order chi connectivity index (χ1) is 11.7. The molecule has 0 radical (unpaired) electrons. The van der Waals surface area contributed by atoms with Gasteiger partial charge in [0, 0.05) is 5.94 Å². The number of alkyl halides is 3. The molecule has 2 bridgehead atoms. The fraction of sp³-hybridized carbons (Fsp3) is 0.941. The molecule has 3 aliphatic carbocycles. The van der Waals surface area contributed by atoms with Crippen LogP contribution in [0.3, 0.4) is 0 Å². The molecule has 3 saturated carbocycles. The number of carboxylic acids is 1. The number of halogens is 3. The number of carbonyl (C=O) groups is 1. The lowest BCUT2D eigenvalue weighted by atomic mass is 9.43.